The van der Waals surface area contributed by atoms with Gasteiger partial charge in [0.1, 0.15) is 11.5 Å². The number of hydrogen-bond acceptors (Lipinski definition) is 3. The summed E-state index contributed by atoms with van der Waals surface area (Å²) in [6.45, 7) is 0. The van der Waals surface area contributed by atoms with Crippen LogP contribution in [-0.2, 0) is 4.79 Å². The van der Waals surface area contributed by atoms with Crippen molar-refractivity contribution in [3.8, 4) is 11.3 Å². The summed E-state index contributed by atoms with van der Waals surface area (Å²) in [5.74, 6) is -1.74. The zero-order valence-corrected chi connectivity index (χ0v) is 13.6. The smallest absolute Gasteiger partial charge is 0.306 e. The number of aliphatic carboxylic acids is 1. The molecule has 0 atom stereocenters. The molecule has 1 heterocycles. The lowest BCUT2D eigenvalue weighted by atomic mass is 9.86. The molecule has 1 saturated carbocycles. The van der Waals surface area contributed by atoms with E-state index in [-0.39, 0.29) is 29.4 Å². The fourth-order valence-electron chi connectivity index (χ4n) is 3.11. The average Bonchev–Trinajstić information content (AvgIpc) is 2.62. The number of carbonyl (C=O) groups is 2. The van der Waals surface area contributed by atoms with Crippen LogP contribution in [0, 0.1) is 11.7 Å². The highest BCUT2D eigenvalue weighted by atomic mass is 19.1. The highest BCUT2D eigenvalue weighted by Gasteiger charge is 2.27. The minimum absolute atomic E-state index is 0.0391. The predicted molar refractivity (Wildman–Crippen MR) is 90.5 cm³/mol. The van der Waals surface area contributed by atoms with Gasteiger partial charge >= 0.3 is 5.97 Å². The Morgan fingerprint density at radius 1 is 1.08 bits per heavy atom. The van der Waals surface area contributed by atoms with Gasteiger partial charge in [0.2, 0.25) is 0 Å². The van der Waals surface area contributed by atoms with Gasteiger partial charge in [-0.3, -0.25) is 9.59 Å². The second kappa shape index (κ2) is 7.42. The number of carboxylic acid groups (broad SMARTS) is 1. The Morgan fingerprint density at radius 2 is 1.80 bits per heavy atom. The van der Waals surface area contributed by atoms with E-state index in [9.17, 15) is 14.0 Å². The molecule has 0 unspecified atom stereocenters. The molecule has 0 radical (unpaired) electrons. The summed E-state index contributed by atoms with van der Waals surface area (Å²) in [6, 6.07) is 11.1. The zero-order chi connectivity index (χ0) is 17.8. The number of rotatable bonds is 4. The summed E-state index contributed by atoms with van der Waals surface area (Å²) in [5, 5.41) is 11.9. The van der Waals surface area contributed by atoms with Crippen molar-refractivity contribution in [3.63, 3.8) is 0 Å². The molecule has 0 bridgehead atoms. The number of amides is 1. The summed E-state index contributed by atoms with van der Waals surface area (Å²) < 4.78 is 13.4. The minimum atomic E-state index is -0.769. The highest BCUT2D eigenvalue weighted by Crippen LogP contribution is 2.25. The van der Waals surface area contributed by atoms with E-state index in [1.807, 2.05) is 0 Å². The van der Waals surface area contributed by atoms with Gasteiger partial charge in [-0.1, -0.05) is 18.2 Å². The predicted octanol–water partition coefficient (Wildman–Crippen LogP) is 3.26. The van der Waals surface area contributed by atoms with Gasteiger partial charge in [-0.05, 0) is 49.9 Å². The van der Waals surface area contributed by atoms with E-state index in [4.69, 9.17) is 5.11 Å². The van der Waals surface area contributed by atoms with Crippen LogP contribution in [0.5, 0.6) is 0 Å². The number of aromatic nitrogens is 1. The van der Waals surface area contributed by atoms with E-state index in [0.29, 0.717) is 36.9 Å². The molecule has 1 aliphatic carbocycles. The number of nitrogens with zero attached hydrogens (tertiary/aromatic N) is 1. The van der Waals surface area contributed by atoms with Gasteiger partial charge in [0, 0.05) is 11.6 Å². The van der Waals surface area contributed by atoms with Gasteiger partial charge < -0.3 is 10.4 Å². The molecular formula is C19H19FN2O3. The monoisotopic (exact) mass is 342 g/mol. The van der Waals surface area contributed by atoms with Gasteiger partial charge in [0.25, 0.3) is 5.91 Å². The molecule has 0 aliphatic heterocycles. The summed E-state index contributed by atoms with van der Waals surface area (Å²) in [4.78, 5) is 27.7. The van der Waals surface area contributed by atoms with Gasteiger partial charge in [-0.15, -0.1) is 0 Å². The third kappa shape index (κ3) is 4.21. The Bertz CT molecular complexity index is 786. The van der Waals surface area contributed by atoms with E-state index in [2.05, 4.69) is 10.3 Å². The van der Waals surface area contributed by atoms with E-state index in [0.717, 1.165) is 0 Å². The number of benzene rings is 1. The maximum absolute atomic E-state index is 13.4. The SMILES string of the molecule is O=C(NC1CCC(C(=O)O)CC1)c1cccc(-c2cccc(F)c2)n1. The van der Waals surface area contributed by atoms with Crippen molar-refractivity contribution in [1.82, 2.24) is 10.3 Å². The van der Waals surface area contributed by atoms with Crippen LogP contribution in [0.2, 0.25) is 0 Å². The van der Waals surface area contributed by atoms with Crippen LogP contribution in [-0.4, -0.2) is 28.0 Å². The molecule has 2 N–H and O–H groups in total. The number of pyridine rings is 1. The molecular weight excluding hydrogens is 323 g/mol. The molecule has 130 valence electrons. The first kappa shape index (κ1) is 17.1. The highest BCUT2D eigenvalue weighted by molar-refractivity contribution is 5.93. The normalized spacial score (nSPS) is 20.0. The van der Waals surface area contributed by atoms with Gasteiger partial charge in [-0.2, -0.15) is 0 Å². The lowest BCUT2D eigenvalue weighted by Crippen LogP contribution is -2.39. The van der Waals surface area contributed by atoms with Crippen LogP contribution in [0.25, 0.3) is 11.3 Å². The minimum Gasteiger partial charge on any atom is -0.481 e. The third-order valence-corrected chi connectivity index (χ3v) is 4.51. The number of carbonyl (C=O) groups excluding carboxylic acids is 1. The molecule has 1 aliphatic rings. The number of hydrogen-bond donors (Lipinski definition) is 2. The summed E-state index contributed by atoms with van der Waals surface area (Å²) >= 11 is 0. The average molecular weight is 342 g/mol. The van der Waals surface area contributed by atoms with Crippen LogP contribution in [0.1, 0.15) is 36.2 Å². The Morgan fingerprint density at radius 3 is 2.48 bits per heavy atom. The lowest BCUT2D eigenvalue weighted by molar-refractivity contribution is -0.142. The Balaban J connectivity index is 1.67. The number of halogens is 1. The van der Waals surface area contributed by atoms with Crippen molar-refractivity contribution >= 4 is 11.9 Å². The van der Waals surface area contributed by atoms with Crippen LogP contribution >= 0.6 is 0 Å². The van der Waals surface area contributed by atoms with Gasteiger partial charge in [0.15, 0.2) is 0 Å². The molecule has 3 rings (SSSR count). The van der Waals surface area contributed by atoms with Crippen molar-refractivity contribution in [2.45, 2.75) is 31.7 Å². The number of nitrogens with one attached hydrogen (secondary N) is 1. The van der Waals surface area contributed by atoms with Crippen molar-refractivity contribution < 1.29 is 19.1 Å². The molecule has 0 saturated heterocycles. The van der Waals surface area contributed by atoms with E-state index in [1.54, 1.807) is 30.3 Å². The molecule has 25 heavy (non-hydrogen) atoms. The van der Waals surface area contributed by atoms with Crippen molar-refractivity contribution in [1.29, 1.82) is 0 Å². The first-order chi connectivity index (χ1) is 12.0. The molecule has 5 nitrogen and oxygen atoms in total. The lowest BCUT2D eigenvalue weighted by Gasteiger charge is -2.26. The van der Waals surface area contributed by atoms with Crippen LogP contribution in [0.15, 0.2) is 42.5 Å². The molecule has 6 heteroatoms. The first-order valence-electron chi connectivity index (χ1n) is 8.29. The van der Waals surface area contributed by atoms with Crippen LogP contribution in [0.3, 0.4) is 0 Å². The van der Waals surface area contributed by atoms with Crippen LogP contribution < -0.4 is 5.32 Å². The molecule has 0 spiro atoms. The zero-order valence-electron chi connectivity index (χ0n) is 13.6. The maximum Gasteiger partial charge on any atom is 0.306 e. The summed E-state index contributed by atoms with van der Waals surface area (Å²) in [6.07, 6.45) is 2.42. The standard InChI is InChI=1S/C19H19FN2O3/c20-14-4-1-3-13(11-14)16-5-2-6-17(22-16)18(23)21-15-9-7-12(8-10-15)19(24)25/h1-6,11-12,15H,7-10H2,(H,21,23)(H,24,25). The summed E-state index contributed by atoms with van der Waals surface area (Å²) in [5.41, 5.74) is 1.40. The molecule has 1 amide bonds. The second-order valence-corrected chi connectivity index (χ2v) is 6.28. The largest absolute Gasteiger partial charge is 0.481 e. The second-order valence-electron chi connectivity index (χ2n) is 6.28. The fraction of sp³-hybridized carbons (Fsp3) is 0.316. The molecule has 1 fully saturated rings. The third-order valence-electron chi connectivity index (χ3n) is 4.51. The summed E-state index contributed by atoms with van der Waals surface area (Å²) in [7, 11) is 0. The van der Waals surface area contributed by atoms with E-state index in [1.165, 1.54) is 12.1 Å². The quantitative estimate of drug-likeness (QED) is 0.894. The molecule has 2 aromatic rings. The fourth-order valence-corrected chi connectivity index (χ4v) is 3.11. The topological polar surface area (TPSA) is 79.3 Å². The Hall–Kier alpha value is -2.76. The Labute approximate surface area is 144 Å². The van der Waals surface area contributed by atoms with Gasteiger partial charge in [-0.25, -0.2) is 9.37 Å². The molecule has 1 aromatic heterocycles. The van der Waals surface area contributed by atoms with E-state index >= 15 is 0 Å². The Kier molecular flexibility index (Phi) is 5.07. The van der Waals surface area contributed by atoms with E-state index < -0.39 is 5.97 Å². The maximum atomic E-state index is 13.4. The van der Waals surface area contributed by atoms with Crippen molar-refractivity contribution in [2.24, 2.45) is 5.92 Å². The molecule has 1 aromatic carbocycles. The van der Waals surface area contributed by atoms with Gasteiger partial charge in [0.05, 0.1) is 11.6 Å². The number of carboxylic acids is 1. The first-order valence-corrected chi connectivity index (χ1v) is 8.29. The van der Waals surface area contributed by atoms with Crippen molar-refractivity contribution in [3.05, 3.63) is 54.0 Å². The van der Waals surface area contributed by atoms with Crippen LogP contribution in [0.4, 0.5) is 4.39 Å². The van der Waals surface area contributed by atoms with Crippen molar-refractivity contribution in [2.75, 3.05) is 0 Å².